The molecular formula is C30H37ClN4O5S. The minimum absolute atomic E-state index is 0.142. The van der Waals surface area contributed by atoms with Gasteiger partial charge in [-0.2, -0.15) is 5.10 Å². The molecule has 1 atom stereocenters. The standard InChI is InChI=1S/C30H37ClN4O5S/c1-30(2,3)28-26-27(20-16-19(39-5)12-13-23(20)40-6)41-18-25(37)34(17-24(36)32-14-9-15-38-4)29(26)35(33-28)22-11-8-7-10-21(22)31/h7-8,10-13,16,27H,9,14-15,17-18H2,1-6H3,(H,32,36)/t27-/m0/s1. The van der Waals surface area contributed by atoms with Gasteiger partial charge in [0.2, 0.25) is 11.8 Å². The van der Waals surface area contributed by atoms with Crippen LogP contribution in [-0.4, -0.2) is 68.4 Å². The van der Waals surface area contributed by atoms with E-state index in [2.05, 4.69) is 26.1 Å². The molecule has 9 nitrogen and oxygen atoms in total. The number of aromatic nitrogens is 2. The lowest BCUT2D eigenvalue weighted by molar-refractivity contribution is -0.122. The number of para-hydroxylation sites is 1. The molecule has 0 aliphatic carbocycles. The summed E-state index contributed by atoms with van der Waals surface area (Å²) in [5, 5.41) is 8.13. The van der Waals surface area contributed by atoms with Crippen molar-refractivity contribution in [1.82, 2.24) is 15.1 Å². The fraction of sp³-hybridized carbons (Fsp3) is 0.433. The molecule has 4 rings (SSSR count). The van der Waals surface area contributed by atoms with Crippen LogP contribution in [0.4, 0.5) is 5.82 Å². The van der Waals surface area contributed by atoms with Crippen LogP contribution in [0.2, 0.25) is 5.02 Å². The molecule has 2 amide bonds. The SMILES string of the molecule is COCCCNC(=O)CN1C(=O)CS[C@@H](c2cc(OC)ccc2OC)c2c(C(C)(C)C)nn(-c3ccccc3Cl)c21. The van der Waals surface area contributed by atoms with Gasteiger partial charge in [-0.25, -0.2) is 4.68 Å². The maximum Gasteiger partial charge on any atom is 0.240 e. The number of ether oxygens (including phenoxy) is 3. The van der Waals surface area contributed by atoms with E-state index in [4.69, 9.17) is 30.9 Å². The van der Waals surface area contributed by atoms with Crippen molar-refractivity contribution in [3.8, 4) is 17.2 Å². The van der Waals surface area contributed by atoms with E-state index in [0.29, 0.717) is 47.6 Å². The topological polar surface area (TPSA) is 94.9 Å². The van der Waals surface area contributed by atoms with Crippen LogP contribution in [0, 0.1) is 0 Å². The van der Waals surface area contributed by atoms with Crippen LogP contribution < -0.4 is 19.7 Å². The second-order valence-corrected chi connectivity index (χ2v) is 12.2. The average Bonchev–Trinajstić information content (AvgIpc) is 3.28. The smallest absolute Gasteiger partial charge is 0.240 e. The molecule has 0 spiro atoms. The largest absolute Gasteiger partial charge is 0.497 e. The Morgan fingerprint density at radius 3 is 2.56 bits per heavy atom. The van der Waals surface area contributed by atoms with E-state index >= 15 is 0 Å². The molecule has 0 radical (unpaired) electrons. The summed E-state index contributed by atoms with van der Waals surface area (Å²) < 4.78 is 18.1. The van der Waals surface area contributed by atoms with E-state index in [1.165, 1.54) is 16.7 Å². The molecule has 1 aromatic heterocycles. The number of halogens is 1. The zero-order valence-electron chi connectivity index (χ0n) is 24.3. The molecule has 41 heavy (non-hydrogen) atoms. The van der Waals surface area contributed by atoms with Crippen molar-refractivity contribution in [3.05, 3.63) is 64.3 Å². The zero-order valence-corrected chi connectivity index (χ0v) is 25.9. The predicted octanol–water partition coefficient (Wildman–Crippen LogP) is 5.16. The van der Waals surface area contributed by atoms with Crippen LogP contribution in [0.25, 0.3) is 5.69 Å². The first-order valence-corrected chi connectivity index (χ1v) is 14.8. The number of methoxy groups -OCH3 is 3. The van der Waals surface area contributed by atoms with Crippen molar-refractivity contribution in [1.29, 1.82) is 0 Å². The number of carbonyl (C=O) groups excluding carboxylic acids is 2. The summed E-state index contributed by atoms with van der Waals surface area (Å²) in [5.41, 5.74) is 2.66. The molecular weight excluding hydrogens is 564 g/mol. The molecule has 0 unspecified atom stereocenters. The number of anilines is 1. The van der Waals surface area contributed by atoms with Crippen molar-refractivity contribution in [2.24, 2.45) is 0 Å². The monoisotopic (exact) mass is 600 g/mol. The highest BCUT2D eigenvalue weighted by Crippen LogP contribution is 2.51. The molecule has 220 valence electrons. The number of amides is 2. The third-order valence-electron chi connectivity index (χ3n) is 6.75. The predicted molar refractivity (Wildman–Crippen MR) is 163 cm³/mol. The molecule has 0 saturated carbocycles. The first-order chi connectivity index (χ1) is 19.6. The number of benzene rings is 2. The Morgan fingerprint density at radius 1 is 1.15 bits per heavy atom. The van der Waals surface area contributed by atoms with Gasteiger partial charge in [0.1, 0.15) is 23.9 Å². The number of hydrogen-bond donors (Lipinski definition) is 1. The first-order valence-electron chi connectivity index (χ1n) is 13.4. The van der Waals surface area contributed by atoms with Gasteiger partial charge < -0.3 is 19.5 Å². The van der Waals surface area contributed by atoms with E-state index in [9.17, 15) is 9.59 Å². The van der Waals surface area contributed by atoms with Gasteiger partial charge in [0.05, 0.1) is 41.6 Å². The van der Waals surface area contributed by atoms with E-state index in [-0.39, 0.29) is 29.4 Å². The fourth-order valence-corrected chi connectivity index (χ4v) is 6.23. The third-order valence-corrected chi connectivity index (χ3v) is 8.30. The van der Waals surface area contributed by atoms with E-state index in [1.54, 1.807) is 32.1 Å². The number of nitrogens with one attached hydrogen (secondary N) is 1. The lowest BCUT2D eigenvalue weighted by Crippen LogP contribution is -2.42. The maximum absolute atomic E-state index is 13.8. The molecule has 1 aliphatic heterocycles. The number of thioether (sulfide) groups is 1. The van der Waals surface area contributed by atoms with Gasteiger partial charge in [0.15, 0.2) is 0 Å². The van der Waals surface area contributed by atoms with Crippen molar-refractivity contribution >= 4 is 41.0 Å². The van der Waals surface area contributed by atoms with Crippen LogP contribution in [-0.2, 0) is 19.7 Å². The quantitative estimate of drug-likeness (QED) is 0.321. The van der Waals surface area contributed by atoms with Gasteiger partial charge in [-0.05, 0) is 36.8 Å². The number of fused-ring (bicyclic) bond motifs is 1. The summed E-state index contributed by atoms with van der Waals surface area (Å²) >= 11 is 8.17. The number of rotatable bonds is 10. The number of hydrogen-bond acceptors (Lipinski definition) is 7. The molecule has 3 aromatic rings. The number of nitrogens with zero attached hydrogens (tertiary/aromatic N) is 3. The highest BCUT2D eigenvalue weighted by molar-refractivity contribution is 8.00. The van der Waals surface area contributed by atoms with E-state index < -0.39 is 5.41 Å². The Labute approximate surface area is 250 Å². The van der Waals surface area contributed by atoms with E-state index in [0.717, 1.165) is 16.8 Å². The average molecular weight is 601 g/mol. The van der Waals surface area contributed by atoms with Gasteiger partial charge in [-0.15, -0.1) is 11.8 Å². The summed E-state index contributed by atoms with van der Waals surface area (Å²) in [6.07, 6.45) is 0.667. The Kier molecular flexibility index (Phi) is 9.88. The minimum atomic E-state index is -0.414. The summed E-state index contributed by atoms with van der Waals surface area (Å²) in [7, 11) is 4.86. The molecule has 0 fully saturated rings. The summed E-state index contributed by atoms with van der Waals surface area (Å²) in [4.78, 5) is 28.5. The normalized spacial score (nSPS) is 15.3. The second kappa shape index (κ2) is 13.2. The number of carbonyl (C=O) groups is 2. The summed E-state index contributed by atoms with van der Waals surface area (Å²) in [5.74, 6) is 1.51. The molecule has 11 heteroatoms. The molecule has 0 saturated heterocycles. The fourth-order valence-electron chi connectivity index (χ4n) is 4.80. The summed E-state index contributed by atoms with van der Waals surface area (Å²) in [6, 6.07) is 13.0. The van der Waals surface area contributed by atoms with Crippen molar-refractivity contribution in [3.63, 3.8) is 0 Å². The summed E-state index contributed by atoms with van der Waals surface area (Å²) in [6.45, 7) is 7.05. The molecule has 2 aromatic carbocycles. The Bertz CT molecular complexity index is 1400. The third kappa shape index (κ3) is 6.66. The second-order valence-electron chi connectivity index (χ2n) is 10.7. The Balaban J connectivity index is 1.97. The minimum Gasteiger partial charge on any atom is -0.497 e. The van der Waals surface area contributed by atoms with Crippen molar-refractivity contribution < 1.29 is 23.8 Å². The lowest BCUT2D eigenvalue weighted by atomic mass is 9.87. The highest BCUT2D eigenvalue weighted by Gasteiger charge is 2.41. The molecule has 0 bridgehead atoms. The Morgan fingerprint density at radius 2 is 1.90 bits per heavy atom. The molecule has 1 N–H and O–H groups in total. The van der Waals surface area contributed by atoms with Crippen LogP contribution in [0.15, 0.2) is 42.5 Å². The molecule has 1 aliphatic rings. The van der Waals surface area contributed by atoms with Gasteiger partial charge >= 0.3 is 0 Å². The van der Waals surface area contributed by atoms with Crippen LogP contribution in [0.5, 0.6) is 11.5 Å². The van der Waals surface area contributed by atoms with Crippen molar-refractivity contribution in [2.75, 3.05) is 51.7 Å². The highest BCUT2D eigenvalue weighted by atomic mass is 35.5. The van der Waals surface area contributed by atoms with Gasteiger partial charge in [-0.3, -0.25) is 14.5 Å². The zero-order chi connectivity index (χ0) is 29.7. The van der Waals surface area contributed by atoms with Crippen LogP contribution in [0.3, 0.4) is 0 Å². The molecule has 2 heterocycles. The lowest BCUT2D eigenvalue weighted by Gasteiger charge is -2.25. The van der Waals surface area contributed by atoms with E-state index in [1.807, 2.05) is 36.4 Å². The maximum atomic E-state index is 13.8. The van der Waals surface area contributed by atoms with Gasteiger partial charge in [-0.1, -0.05) is 44.5 Å². The van der Waals surface area contributed by atoms with Crippen LogP contribution >= 0.6 is 23.4 Å². The van der Waals surface area contributed by atoms with Gasteiger partial charge in [0.25, 0.3) is 0 Å². The van der Waals surface area contributed by atoms with Gasteiger partial charge in [0, 0.05) is 36.8 Å². The van der Waals surface area contributed by atoms with Crippen LogP contribution in [0.1, 0.15) is 49.3 Å². The van der Waals surface area contributed by atoms with Crippen molar-refractivity contribution in [2.45, 2.75) is 37.9 Å². The first kappa shape index (κ1) is 30.7. The Hall–Kier alpha value is -3.21.